The second-order valence-corrected chi connectivity index (χ2v) is 4.38. The molecule has 0 amide bonds. The number of nitro benzene ring substituents is 1. The molecular weight excluding hydrogens is 310 g/mol. The van der Waals surface area contributed by atoms with Gasteiger partial charge in [-0.05, 0) is 6.07 Å². The maximum atomic E-state index is 11.9. The van der Waals surface area contributed by atoms with Crippen LogP contribution in [0.3, 0.4) is 0 Å². The Bertz CT molecular complexity index is 901. The lowest BCUT2D eigenvalue weighted by atomic mass is 9.94. The highest BCUT2D eigenvalue weighted by Crippen LogP contribution is 2.35. The summed E-state index contributed by atoms with van der Waals surface area (Å²) in [6.45, 7) is 0. The molecule has 0 radical (unpaired) electrons. The van der Waals surface area contributed by atoms with Crippen LogP contribution in [0, 0.1) is 10.1 Å². The number of anilines is 1. The molecule has 0 unspecified atom stereocenters. The zero-order valence-electron chi connectivity index (χ0n) is 11.3. The van der Waals surface area contributed by atoms with Crippen LogP contribution < -0.4 is 11.3 Å². The number of benzene rings is 1. The molecule has 2 aromatic rings. The highest BCUT2D eigenvalue weighted by molar-refractivity contribution is 6.08. The second-order valence-electron chi connectivity index (χ2n) is 4.38. The van der Waals surface area contributed by atoms with E-state index in [2.05, 4.69) is 0 Å². The first-order chi connectivity index (χ1) is 10.8. The molecule has 10 nitrogen and oxygen atoms in total. The van der Waals surface area contributed by atoms with Crippen LogP contribution in [0.25, 0.3) is 11.1 Å². The predicted octanol–water partition coefficient (Wildman–Crippen LogP) is 0.929. The van der Waals surface area contributed by atoms with Crippen molar-refractivity contribution in [2.24, 2.45) is 0 Å². The van der Waals surface area contributed by atoms with Crippen LogP contribution in [0.2, 0.25) is 0 Å². The molecule has 1 aromatic heterocycles. The molecule has 10 heteroatoms. The highest BCUT2D eigenvalue weighted by atomic mass is 16.6. The molecule has 0 aliphatic heterocycles. The number of rotatable bonds is 4. The van der Waals surface area contributed by atoms with Gasteiger partial charge in [0.15, 0.2) is 0 Å². The summed E-state index contributed by atoms with van der Waals surface area (Å²) in [5.74, 6) is -3.96. The molecular formula is C13H9N3O7. The monoisotopic (exact) mass is 319 g/mol. The number of hydrogen-bond donors (Lipinski definition) is 4. The normalized spacial score (nSPS) is 10.3. The van der Waals surface area contributed by atoms with Crippen LogP contribution in [0.15, 0.2) is 29.1 Å². The number of carboxylic acids is 2. The topological polar surface area (TPSA) is 177 Å². The number of pyridine rings is 1. The van der Waals surface area contributed by atoms with Crippen molar-refractivity contribution in [2.45, 2.75) is 0 Å². The zero-order valence-corrected chi connectivity index (χ0v) is 11.3. The summed E-state index contributed by atoms with van der Waals surface area (Å²) >= 11 is 0. The molecule has 0 bridgehead atoms. The molecule has 2 rings (SSSR count). The number of nitrogens with two attached hydrogens (primary N) is 1. The van der Waals surface area contributed by atoms with Gasteiger partial charge in [-0.25, -0.2) is 9.59 Å². The molecule has 1 heterocycles. The van der Waals surface area contributed by atoms with Crippen LogP contribution in [-0.4, -0.2) is 32.1 Å². The van der Waals surface area contributed by atoms with E-state index in [4.69, 9.17) is 5.73 Å². The summed E-state index contributed by atoms with van der Waals surface area (Å²) in [6, 6.07) is 4.87. The Morgan fingerprint density at radius 2 is 1.70 bits per heavy atom. The number of aromatic amines is 1. The summed E-state index contributed by atoms with van der Waals surface area (Å²) in [6.07, 6.45) is 0. The SMILES string of the molecule is Nc1[nH]c(=O)c(C(=O)O)c(-c2ccccc2[N+](=O)[O-])c1C(=O)O. The van der Waals surface area contributed by atoms with Gasteiger partial charge in [-0.1, -0.05) is 12.1 Å². The lowest BCUT2D eigenvalue weighted by Gasteiger charge is -2.12. The molecule has 0 aliphatic rings. The van der Waals surface area contributed by atoms with Gasteiger partial charge < -0.3 is 20.9 Å². The van der Waals surface area contributed by atoms with Crippen molar-refractivity contribution >= 4 is 23.4 Å². The average Bonchev–Trinajstić information content (AvgIpc) is 2.45. The third kappa shape index (κ3) is 2.60. The molecule has 0 spiro atoms. The first kappa shape index (κ1) is 15.7. The molecule has 23 heavy (non-hydrogen) atoms. The van der Waals surface area contributed by atoms with Crippen molar-refractivity contribution < 1.29 is 24.7 Å². The predicted molar refractivity (Wildman–Crippen MR) is 77.5 cm³/mol. The van der Waals surface area contributed by atoms with Crippen LogP contribution in [-0.2, 0) is 0 Å². The number of para-hydroxylation sites is 1. The summed E-state index contributed by atoms with van der Waals surface area (Å²) < 4.78 is 0. The van der Waals surface area contributed by atoms with Crippen molar-refractivity contribution in [3.8, 4) is 11.1 Å². The molecule has 0 aliphatic carbocycles. The van der Waals surface area contributed by atoms with Gasteiger partial charge in [-0.15, -0.1) is 0 Å². The van der Waals surface area contributed by atoms with Gasteiger partial charge in [-0.2, -0.15) is 0 Å². The molecule has 1 aromatic carbocycles. The minimum absolute atomic E-state index is 0.329. The smallest absolute Gasteiger partial charge is 0.342 e. The number of nitrogen functional groups attached to an aromatic ring is 1. The summed E-state index contributed by atoms with van der Waals surface area (Å²) in [5, 5.41) is 29.6. The maximum absolute atomic E-state index is 11.9. The molecule has 0 fully saturated rings. The van der Waals surface area contributed by atoms with Gasteiger partial charge in [0, 0.05) is 11.6 Å². The number of nitrogens with one attached hydrogen (secondary N) is 1. The maximum Gasteiger partial charge on any atom is 0.342 e. The molecule has 118 valence electrons. The fraction of sp³-hybridized carbons (Fsp3) is 0. The standard InChI is InChI=1S/C13H9N3O7/c14-10-8(12(18)19)7(9(13(20)21)11(17)15-10)5-3-1-2-4-6(5)16(22)23/h1-4H,(H,18,19)(H,20,21)(H3,14,15,17). The van der Waals surface area contributed by atoms with Crippen molar-refractivity contribution in [1.82, 2.24) is 4.98 Å². The Hall–Kier alpha value is -3.69. The quantitative estimate of drug-likeness (QED) is 0.474. The largest absolute Gasteiger partial charge is 0.478 e. The number of carboxylic acid groups (broad SMARTS) is 2. The molecule has 0 atom stereocenters. The third-order valence-electron chi connectivity index (χ3n) is 3.04. The number of nitro groups is 1. The average molecular weight is 319 g/mol. The van der Waals surface area contributed by atoms with Crippen molar-refractivity contribution in [1.29, 1.82) is 0 Å². The minimum Gasteiger partial charge on any atom is -0.478 e. The van der Waals surface area contributed by atoms with Crippen molar-refractivity contribution in [3.05, 3.63) is 55.9 Å². The Kier molecular flexibility index (Phi) is 3.82. The van der Waals surface area contributed by atoms with Crippen LogP contribution in [0.5, 0.6) is 0 Å². The number of aromatic carboxylic acids is 2. The molecule has 0 saturated heterocycles. The third-order valence-corrected chi connectivity index (χ3v) is 3.04. The number of H-pyrrole nitrogens is 1. The molecule has 5 N–H and O–H groups in total. The van der Waals surface area contributed by atoms with Crippen molar-refractivity contribution in [2.75, 3.05) is 5.73 Å². The van der Waals surface area contributed by atoms with E-state index < -0.39 is 50.6 Å². The van der Waals surface area contributed by atoms with E-state index in [-0.39, 0.29) is 5.56 Å². The van der Waals surface area contributed by atoms with E-state index in [9.17, 15) is 34.7 Å². The van der Waals surface area contributed by atoms with E-state index in [1.54, 1.807) is 0 Å². The Morgan fingerprint density at radius 1 is 1.13 bits per heavy atom. The number of nitrogens with zero attached hydrogens (tertiary/aromatic N) is 1. The Morgan fingerprint density at radius 3 is 2.22 bits per heavy atom. The van der Waals surface area contributed by atoms with E-state index in [0.29, 0.717) is 0 Å². The fourth-order valence-corrected chi connectivity index (χ4v) is 2.16. The van der Waals surface area contributed by atoms with Crippen LogP contribution >= 0.6 is 0 Å². The van der Waals surface area contributed by atoms with Gasteiger partial charge >= 0.3 is 11.9 Å². The van der Waals surface area contributed by atoms with Gasteiger partial charge in [0.1, 0.15) is 16.9 Å². The summed E-state index contributed by atoms with van der Waals surface area (Å²) in [5.41, 5.74) is 1.14. The molecule has 0 saturated carbocycles. The van der Waals surface area contributed by atoms with Gasteiger partial charge in [-0.3, -0.25) is 14.9 Å². The van der Waals surface area contributed by atoms with Crippen molar-refractivity contribution in [3.63, 3.8) is 0 Å². The number of aromatic nitrogens is 1. The first-order valence-electron chi connectivity index (χ1n) is 6.01. The fourth-order valence-electron chi connectivity index (χ4n) is 2.16. The first-order valence-corrected chi connectivity index (χ1v) is 6.01. The van der Waals surface area contributed by atoms with E-state index in [0.717, 1.165) is 12.1 Å². The van der Waals surface area contributed by atoms with Crippen LogP contribution in [0.1, 0.15) is 20.7 Å². The highest BCUT2D eigenvalue weighted by Gasteiger charge is 2.30. The lowest BCUT2D eigenvalue weighted by Crippen LogP contribution is -2.24. The number of hydrogen-bond acceptors (Lipinski definition) is 6. The zero-order chi connectivity index (χ0) is 17.3. The Balaban J connectivity index is 3.07. The Labute approximate surface area is 127 Å². The minimum atomic E-state index is -1.73. The summed E-state index contributed by atoms with van der Waals surface area (Å²) in [4.78, 5) is 46.9. The summed E-state index contributed by atoms with van der Waals surface area (Å²) in [7, 11) is 0. The van der Waals surface area contributed by atoms with Gasteiger partial charge in [0.25, 0.3) is 11.2 Å². The van der Waals surface area contributed by atoms with E-state index >= 15 is 0 Å². The number of carbonyl (C=O) groups is 2. The van der Waals surface area contributed by atoms with E-state index in [1.807, 2.05) is 4.98 Å². The van der Waals surface area contributed by atoms with Gasteiger partial charge in [0.05, 0.1) is 10.5 Å². The van der Waals surface area contributed by atoms with Gasteiger partial charge in [0.2, 0.25) is 0 Å². The van der Waals surface area contributed by atoms with Crippen LogP contribution in [0.4, 0.5) is 11.5 Å². The second kappa shape index (κ2) is 5.60. The van der Waals surface area contributed by atoms with E-state index in [1.165, 1.54) is 12.1 Å². The lowest BCUT2D eigenvalue weighted by molar-refractivity contribution is -0.384.